The minimum absolute atomic E-state index is 0.189. The summed E-state index contributed by atoms with van der Waals surface area (Å²) in [6.45, 7) is 2.49. The molecule has 0 aliphatic carbocycles. The van der Waals surface area contributed by atoms with Crippen LogP contribution < -0.4 is 4.74 Å². The number of H-pyrrole nitrogens is 1. The number of nitrogens with zero attached hydrogens (tertiary/aromatic N) is 3. The van der Waals surface area contributed by atoms with Crippen molar-refractivity contribution >= 4 is 18.4 Å². The highest BCUT2D eigenvalue weighted by atomic mass is 32.1. The van der Waals surface area contributed by atoms with E-state index >= 15 is 0 Å². The lowest BCUT2D eigenvalue weighted by Crippen LogP contribution is -1.96. The second kappa shape index (κ2) is 7.18. The van der Waals surface area contributed by atoms with Gasteiger partial charge in [0.1, 0.15) is 5.75 Å². The highest BCUT2D eigenvalue weighted by Crippen LogP contribution is 2.25. The van der Waals surface area contributed by atoms with Crippen molar-refractivity contribution in [3.8, 4) is 28.6 Å². The number of hydrogen-bond acceptors (Lipinski definition) is 6. The van der Waals surface area contributed by atoms with Crippen molar-refractivity contribution in [1.82, 2.24) is 14.9 Å². The molecule has 0 unspecified atom stereocenters. The molecule has 25 heavy (non-hydrogen) atoms. The number of phenols is 2. The highest BCUT2D eigenvalue weighted by Gasteiger charge is 2.09. The first-order chi connectivity index (χ1) is 12.1. The SMILES string of the molecule is CCOc1cccc(-c2n[nH]c(=S)n2N=Cc2ccc(O)c(O)c2)c1. The fourth-order valence-corrected chi connectivity index (χ4v) is 2.40. The van der Waals surface area contributed by atoms with Crippen LogP contribution in [-0.4, -0.2) is 37.9 Å². The molecule has 0 bridgehead atoms. The zero-order valence-corrected chi connectivity index (χ0v) is 14.2. The standard InChI is InChI=1S/C17H16N4O3S/c1-2-24-13-5-3-4-12(9-13)16-19-20-17(25)21(16)18-10-11-6-7-14(22)15(23)8-11/h3-10,22-23H,2H2,1H3,(H,20,25). The summed E-state index contributed by atoms with van der Waals surface area (Å²) in [6.07, 6.45) is 1.51. The molecule has 0 amide bonds. The Hall–Kier alpha value is -3.13. The van der Waals surface area contributed by atoms with E-state index in [1.807, 2.05) is 31.2 Å². The number of aromatic amines is 1. The van der Waals surface area contributed by atoms with Crippen molar-refractivity contribution in [1.29, 1.82) is 0 Å². The van der Waals surface area contributed by atoms with Crippen molar-refractivity contribution in [2.24, 2.45) is 5.10 Å². The predicted molar refractivity (Wildman–Crippen MR) is 96.8 cm³/mol. The topological polar surface area (TPSA) is 95.7 Å². The number of ether oxygens (including phenoxy) is 1. The van der Waals surface area contributed by atoms with Gasteiger partial charge in [-0.2, -0.15) is 14.9 Å². The Morgan fingerprint density at radius 2 is 2.08 bits per heavy atom. The van der Waals surface area contributed by atoms with Gasteiger partial charge < -0.3 is 14.9 Å². The molecule has 0 saturated heterocycles. The van der Waals surface area contributed by atoms with E-state index in [1.165, 1.54) is 23.0 Å². The molecule has 7 nitrogen and oxygen atoms in total. The first kappa shape index (κ1) is 16.7. The molecule has 3 aromatic rings. The number of aromatic hydroxyl groups is 2. The predicted octanol–water partition coefficient (Wildman–Crippen LogP) is 3.30. The molecule has 0 spiro atoms. The van der Waals surface area contributed by atoms with E-state index in [9.17, 15) is 10.2 Å². The molecule has 3 N–H and O–H groups in total. The Kier molecular flexibility index (Phi) is 4.80. The maximum Gasteiger partial charge on any atom is 0.216 e. The molecule has 1 aromatic heterocycles. The van der Waals surface area contributed by atoms with E-state index in [0.29, 0.717) is 22.8 Å². The molecule has 128 valence electrons. The van der Waals surface area contributed by atoms with Gasteiger partial charge in [-0.15, -0.1) is 0 Å². The van der Waals surface area contributed by atoms with Crippen molar-refractivity contribution < 1.29 is 14.9 Å². The second-order valence-corrected chi connectivity index (χ2v) is 5.50. The van der Waals surface area contributed by atoms with E-state index in [4.69, 9.17) is 17.0 Å². The zero-order valence-electron chi connectivity index (χ0n) is 13.4. The number of benzene rings is 2. The van der Waals surface area contributed by atoms with E-state index < -0.39 is 0 Å². The average Bonchev–Trinajstić information content (AvgIpc) is 2.97. The van der Waals surface area contributed by atoms with Crippen LogP contribution in [0.2, 0.25) is 0 Å². The van der Waals surface area contributed by atoms with E-state index in [-0.39, 0.29) is 11.5 Å². The lowest BCUT2D eigenvalue weighted by Gasteiger charge is -2.05. The summed E-state index contributed by atoms with van der Waals surface area (Å²) in [5.74, 6) is 0.855. The molecular formula is C17H16N4O3S. The van der Waals surface area contributed by atoms with Gasteiger partial charge in [-0.1, -0.05) is 12.1 Å². The van der Waals surface area contributed by atoms with Crippen molar-refractivity contribution in [2.75, 3.05) is 6.61 Å². The van der Waals surface area contributed by atoms with Gasteiger partial charge in [0.2, 0.25) is 4.77 Å². The van der Waals surface area contributed by atoms with Crippen LogP contribution in [0.15, 0.2) is 47.6 Å². The fourth-order valence-electron chi connectivity index (χ4n) is 2.22. The number of phenolic OH excluding ortho intramolecular Hbond substituents is 2. The summed E-state index contributed by atoms with van der Waals surface area (Å²) in [5, 5.41) is 30.2. The normalized spacial score (nSPS) is 11.1. The number of rotatable bonds is 5. The molecule has 0 aliphatic heterocycles. The number of nitrogens with one attached hydrogen (secondary N) is 1. The van der Waals surface area contributed by atoms with Crippen LogP contribution in [0.1, 0.15) is 12.5 Å². The van der Waals surface area contributed by atoms with Crippen LogP contribution in [0.4, 0.5) is 0 Å². The van der Waals surface area contributed by atoms with Gasteiger partial charge >= 0.3 is 0 Å². The Bertz CT molecular complexity index is 978. The average molecular weight is 356 g/mol. The Balaban J connectivity index is 1.97. The Morgan fingerprint density at radius 3 is 2.84 bits per heavy atom. The molecule has 1 heterocycles. The quantitative estimate of drug-likeness (QED) is 0.370. The summed E-state index contributed by atoms with van der Waals surface area (Å²) in [5.41, 5.74) is 1.40. The van der Waals surface area contributed by atoms with Crippen molar-refractivity contribution in [2.45, 2.75) is 6.92 Å². The molecule has 8 heteroatoms. The summed E-state index contributed by atoms with van der Waals surface area (Å²) in [4.78, 5) is 0. The van der Waals surface area contributed by atoms with Crippen LogP contribution in [0, 0.1) is 4.77 Å². The van der Waals surface area contributed by atoms with Gasteiger partial charge in [-0.25, -0.2) is 5.10 Å². The maximum atomic E-state index is 9.55. The molecule has 0 radical (unpaired) electrons. The Morgan fingerprint density at radius 1 is 1.24 bits per heavy atom. The molecular weight excluding hydrogens is 340 g/mol. The third-order valence-electron chi connectivity index (χ3n) is 3.38. The lowest BCUT2D eigenvalue weighted by molar-refractivity contribution is 0.340. The monoisotopic (exact) mass is 356 g/mol. The lowest BCUT2D eigenvalue weighted by atomic mass is 10.2. The van der Waals surface area contributed by atoms with Crippen LogP contribution in [0.3, 0.4) is 0 Å². The van der Waals surface area contributed by atoms with Gasteiger partial charge in [-0.05, 0) is 55.0 Å². The zero-order chi connectivity index (χ0) is 17.8. The minimum atomic E-state index is -0.218. The van der Waals surface area contributed by atoms with Gasteiger partial charge in [0, 0.05) is 5.56 Å². The number of hydrogen-bond donors (Lipinski definition) is 3. The fraction of sp³-hybridized carbons (Fsp3) is 0.118. The minimum Gasteiger partial charge on any atom is -0.504 e. The summed E-state index contributed by atoms with van der Waals surface area (Å²) < 4.78 is 7.31. The van der Waals surface area contributed by atoms with Gasteiger partial charge in [0.15, 0.2) is 17.3 Å². The van der Waals surface area contributed by atoms with Crippen LogP contribution in [0.25, 0.3) is 11.4 Å². The van der Waals surface area contributed by atoms with E-state index in [1.54, 1.807) is 6.07 Å². The van der Waals surface area contributed by atoms with Crippen molar-refractivity contribution in [3.63, 3.8) is 0 Å². The molecule has 0 saturated carbocycles. The van der Waals surface area contributed by atoms with Crippen LogP contribution in [-0.2, 0) is 0 Å². The highest BCUT2D eigenvalue weighted by molar-refractivity contribution is 7.71. The molecule has 0 fully saturated rings. The molecule has 2 aromatic carbocycles. The molecule has 0 atom stereocenters. The summed E-state index contributed by atoms with van der Waals surface area (Å²) in [6, 6.07) is 11.9. The van der Waals surface area contributed by atoms with Crippen molar-refractivity contribution in [3.05, 3.63) is 52.8 Å². The van der Waals surface area contributed by atoms with E-state index in [0.717, 1.165) is 11.3 Å². The molecule has 3 rings (SSSR count). The first-order valence-electron chi connectivity index (χ1n) is 7.55. The Labute approximate surface area is 148 Å². The third-order valence-corrected chi connectivity index (χ3v) is 3.64. The smallest absolute Gasteiger partial charge is 0.216 e. The van der Waals surface area contributed by atoms with Gasteiger partial charge in [0.05, 0.1) is 12.8 Å². The maximum absolute atomic E-state index is 9.55. The summed E-state index contributed by atoms with van der Waals surface area (Å²) in [7, 11) is 0. The van der Waals surface area contributed by atoms with Crippen LogP contribution in [0.5, 0.6) is 17.2 Å². The van der Waals surface area contributed by atoms with Gasteiger partial charge in [0.25, 0.3) is 0 Å². The first-order valence-corrected chi connectivity index (χ1v) is 7.96. The largest absolute Gasteiger partial charge is 0.504 e. The second-order valence-electron chi connectivity index (χ2n) is 5.12. The van der Waals surface area contributed by atoms with Crippen LogP contribution >= 0.6 is 12.2 Å². The molecule has 0 aliphatic rings. The number of aromatic nitrogens is 3. The van der Waals surface area contributed by atoms with Gasteiger partial charge in [-0.3, -0.25) is 0 Å². The third kappa shape index (κ3) is 3.69. The summed E-state index contributed by atoms with van der Waals surface area (Å²) >= 11 is 5.23. The van der Waals surface area contributed by atoms with E-state index in [2.05, 4.69) is 15.3 Å².